The van der Waals surface area contributed by atoms with E-state index in [1.54, 1.807) is 30.1 Å². The number of aryl methyl sites for hydroxylation is 1. The third-order valence-electron chi connectivity index (χ3n) is 6.07. The molecule has 0 radical (unpaired) electrons. The molecule has 1 saturated carbocycles. The van der Waals surface area contributed by atoms with Gasteiger partial charge in [0.05, 0.1) is 42.8 Å². The Bertz CT molecular complexity index is 1130. The maximum Gasteiger partial charge on any atom is 0.407 e. The molecule has 1 aliphatic rings. The van der Waals surface area contributed by atoms with Crippen LogP contribution < -0.4 is 10.1 Å². The summed E-state index contributed by atoms with van der Waals surface area (Å²) in [7, 11) is 1.74. The largest absolute Gasteiger partial charge is 0.489 e. The summed E-state index contributed by atoms with van der Waals surface area (Å²) in [5.74, 6) is -0.549. The number of aliphatic carboxylic acids is 1. The first-order valence-electron chi connectivity index (χ1n) is 11.7. The third-order valence-corrected chi connectivity index (χ3v) is 6.07. The van der Waals surface area contributed by atoms with E-state index in [2.05, 4.69) is 20.6 Å². The van der Waals surface area contributed by atoms with Gasteiger partial charge in [0.1, 0.15) is 11.4 Å². The lowest BCUT2D eigenvalue weighted by Gasteiger charge is -2.27. The number of nitrogens with zero attached hydrogens (tertiary/aromatic N) is 4. The molecule has 2 N–H and O–H groups in total. The predicted octanol–water partition coefficient (Wildman–Crippen LogP) is 3.37. The summed E-state index contributed by atoms with van der Waals surface area (Å²) in [6.07, 6.45) is 4.44. The molecule has 0 unspecified atom stereocenters. The summed E-state index contributed by atoms with van der Waals surface area (Å²) < 4.78 is 12.8. The summed E-state index contributed by atoms with van der Waals surface area (Å²) in [6, 6.07) is 13.4. The van der Waals surface area contributed by atoms with E-state index in [0.717, 1.165) is 18.4 Å². The van der Waals surface area contributed by atoms with Gasteiger partial charge < -0.3 is 19.9 Å². The van der Waals surface area contributed by atoms with Crippen LogP contribution in [0.15, 0.2) is 48.7 Å². The van der Waals surface area contributed by atoms with E-state index in [-0.39, 0.29) is 25.2 Å². The van der Waals surface area contributed by atoms with Crippen molar-refractivity contribution in [1.29, 1.82) is 0 Å². The summed E-state index contributed by atoms with van der Waals surface area (Å²) in [4.78, 5) is 27.9. The van der Waals surface area contributed by atoms with E-state index in [9.17, 15) is 14.7 Å². The molecule has 2 aromatic heterocycles. The minimum atomic E-state index is -0.768. The van der Waals surface area contributed by atoms with Crippen LogP contribution in [0.1, 0.15) is 36.9 Å². The number of carboxylic acid groups (broad SMARTS) is 1. The molecule has 2 heterocycles. The zero-order valence-corrected chi connectivity index (χ0v) is 19.6. The molecule has 0 bridgehead atoms. The minimum absolute atomic E-state index is 0.137. The molecule has 184 valence electrons. The Kier molecular flexibility index (Phi) is 7.92. The number of alkyl carbamates (subject to hydrolysis) is 1. The van der Waals surface area contributed by atoms with Gasteiger partial charge in [-0.3, -0.25) is 9.78 Å². The number of carboxylic acids is 1. The first-order valence-corrected chi connectivity index (χ1v) is 11.7. The molecule has 0 saturated heterocycles. The van der Waals surface area contributed by atoms with Gasteiger partial charge in [-0.25, -0.2) is 9.48 Å². The molecular formula is C25H29N5O5. The van der Waals surface area contributed by atoms with Gasteiger partial charge in [0.15, 0.2) is 0 Å². The SMILES string of the molecule is Cn1nnc(-c2ccc(O[C@H]3CCC[C@H](C(=O)O)C3)cn2)c1CNC(=O)OCCc1ccccc1. The number of hydrogen-bond donors (Lipinski definition) is 2. The molecule has 1 fully saturated rings. The number of nitrogens with one attached hydrogen (secondary N) is 1. The second-order valence-electron chi connectivity index (χ2n) is 8.55. The van der Waals surface area contributed by atoms with Gasteiger partial charge >= 0.3 is 12.1 Å². The van der Waals surface area contributed by atoms with Crippen LogP contribution in [0.25, 0.3) is 11.4 Å². The predicted molar refractivity (Wildman–Crippen MR) is 127 cm³/mol. The lowest BCUT2D eigenvalue weighted by Crippen LogP contribution is -2.29. The van der Waals surface area contributed by atoms with Crippen molar-refractivity contribution in [2.75, 3.05) is 6.61 Å². The molecule has 1 aliphatic carbocycles. The van der Waals surface area contributed by atoms with Crippen LogP contribution in [0, 0.1) is 5.92 Å². The maximum atomic E-state index is 12.1. The van der Waals surface area contributed by atoms with Gasteiger partial charge in [-0.2, -0.15) is 0 Å². The highest BCUT2D eigenvalue weighted by atomic mass is 16.5. The number of amides is 1. The molecule has 0 spiro atoms. The minimum Gasteiger partial charge on any atom is -0.489 e. The number of aromatic nitrogens is 4. The smallest absolute Gasteiger partial charge is 0.407 e. The van der Waals surface area contributed by atoms with Gasteiger partial charge in [0.2, 0.25) is 0 Å². The van der Waals surface area contributed by atoms with Crippen molar-refractivity contribution in [2.45, 2.75) is 44.8 Å². The van der Waals surface area contributed by atoms with Crippen molar-refractivity contribution < 1.29 is 24.2 Å². The average molecular weight is 480 g/mol. The van der Waals surface area contributed by atoms with Gasteiger partial charge in [0.25, 0.3) is 0 Å². The number of carbonyl (C=O) groups is 2. The van der Waals surface area contributed by atoms with Crippen LogP contribution >= 0.6 is 0 Å². The average Bonchev–Trinajstić information content (AvgIpc) is 3.24. The first-order chi connectivity index (χ1) is 17.0. The number of carbonyl (C=O) groups excluding carboxylic acids is 1. The molecule has 35 heavy (non-hydrogen) atoms. The van der Waals surface area contributed by atoms with E-state index in [0.29, 0.717) is 42.1 Å². The quantitative estimate of drug-likeness (QED) is 0.478. The highest BCUT2D eigenvalue weighted by Crippen LogP contribution is 2.28. The molecule has 0 aliphatic heterocycles. The normalized spacial score (nSPS) is 17.5. The van der Waals surface area contributed by atoms with Gasteiger partial charge in [-0.15, -0.1) is 5.10 Å². The standard InChI is InChI=1S/C25H29N5O5/c1-30-22(16-27-25(33)34-13-12-17-6-3-2-4-7-17)23(28-29-30)21-11-10-20(15-26-21)35-19-9-5-8-18(14-19)24(31)32/h2-4,6-7,10-11,15,18-19H,5,8-9,12-14,16H2,1H3,(H,27,33)(H,31,32)/t18-,19-/m0/s1. The van der Waals surface area contributed by atoms with Gasteiger partial charge in [0, 0.05) is 13.5 Å². The van der Waals surface area contributed by atoms with Crippen LogP contribution in [0.5, 0.6) is 5.75 Å². The molecule has 3 aromatic rings. The van der Waals surface area contributed by atoms with Crippen molar-refractivity contribution in [1.82, 2.24) is 25.3 Å². The highest BCUT2D eigenvalue weighted by Gasteiger charge is 2.28. The molecule has 1 aromatic carbocycles. The van der Waals surface area contributed by atoms with E-state index in [4.69, 9.17) is 9.47 Å². The van der Waals surface area contributed by atoms with Crippen LogP contribution in [-0.4, -0.2) is 49.9 Å². The summed E-state index contributed by atoms with van der Waals surface area (Å²) in [5.41, 5.74) is 2.92. The van der Waals surface area contributed by atoms with Crippen molar-refractivity contribution >= 4 is 12.1 Å². The molecule has 10 nitrogen and oxygen atoms in total. The van der Waals surface area contributed by atoms with E-state index in [1.807, 2.05) is 30.3 Å². The van der Waals surface area contributed by atoms with Crippen molar-refractivity contribution in [3.63, 3.8) is 0 Å². The van der Waals surface area contributed by atoms with Crippen LogP contribution in [-0.2, 0) is 29.5 Å². The molecular weight excluding hydrogens is 450 g/mol. The number of hydrogen-bond acceptors (Lipinski definition) is 7. The molecule has 10 heteroatoms. The Morgan fingerprint density at radius 1 is 1.17 bits per heavy atom. The van der Waals surface area contributed by atoms with Crippen molar-refractivity contribution in [3.05, 3.63) is 59.9 Å². The zero-order valence-electron chi connectivity index (χ0n) is 19.6. The first kappa shape index (κ1) is 24.2. The fourth-order valence-corrected chi connectivity index (χ4v) is 4.15. The topological polar surface area (TPSA) is 128 Å². The number of ether oxygens (including phenoxy) is 2. The maximum absolute atomic E-state index is 12.1. The zero-order chi connectivity index (χ0) is 24.6. The number of benzene rings is 1. The number of rotatable bonds is 9. The van der Waals surface area contributed by atoms with E-state index >= 15 is 0 Å². The van der Waals surface area contributed by atoms with Crippen LogP contribution in [0.4, 0.5) is 4.79 Å². The van der Waals surface area contributed by atoms with Crippen molar-refractivity contribution in [3.8, 4) is 17.1 Å². The van der Waals surface area contributed by atoms with Crippen LogP contribution in [0.2, 0.25) is 0 Å². The Hall–Kier alpha value is -3.95. The molecule has 1 amide bonds. The van der Waals surface area contributed by atoms with E-state index < -0.39 is 12.1 Å². The lowest BCUT2D eigenvalue weighted by molar-refractivity contribution is -0.143. The second-order valence-corrected chi connectivity index (χ2v) is 8.55. The molecule has 4 rings (SSSR count). The summed E-state index contributed by atoms with van der Waals surface area (Å²) in [6.45, 7) is 0.463. The van der Waals surface area contributed by atoms with E-state index in [1.165, 1.54) is 0 Å². The van der Waals surface area contributed by atoms with Crippen molar-refractivity contribution in [2.24, 2.45) is 13.0 Å². The Labute approximate surface area is 203 Å². The molecule has 2 atom stereocenters. The fraction of sp³-hybridized carbons (Fsp3) is 0.400. The third kappa shape index (κ3) is 6.56. The summed E-state index contributed by atoms with van der Waals surface area (Å²) in [5, 5.41) is 20.3. The Morgan fingerprint density at radius 2 is 2.00 bits per heavy atom. The Morgan fingerprint density at radius 3 is 2.74 bits per heavy atom. The fourth-order valence-electron chi connectivity index (χ4n) is 4.15. The Balaban J connectivity index is 1.31. The second kappa shape index (κ2) is 11.5. The summed E-state index contributed by atoms with van der Waals surface area (Å²) >= 11 is 0. The number of pyridine rings is 1. The highest BCUT2D eigenvalue weighted by molar-refractivity contribution is 5.70. The van der Waals surface area contributed by atoms with Gasteiger partial charge in [-0.1, -0.05) is 35.5 Å². The monoisotopic (exact) mass is 479 g/mol. The van der Waals surface area contributed by atoms with Crippen LogP contribution in [0.3, 0.4) is 0 Å². The van der Waals surface area contributed by atoms with Gasteiger partial charge in [-0.05, 0) is 43.4 Å². The lowest BCUT2D eigenvalue weighted by atomic mass is 9.87.